The monoisotopic (exact) mass is 343 g/mol. The van der Waals surface area contributed by atoms with Gasteiger partial charge in [0.2, 0.25) is 0 Å². The van der Waals surface area contributed by atoms with Gasteiger partial charge in [0.1, 0.15) is 16.9 Å². The summed E-state index contributed by atoms with van der Waals surface area (Å²) in [6.45, 7) is 1.84. The third-order valence-corrected chi connectivity index (χ3v) is 3.89. The number of benzene rings is 2. The van der Waals surface area contributed by atoms with Crippen molar-refractivity contribution in [2.45, 2.75) is 6.92 Å². The summed E-state index contributed by atoms with van der Waals surface area (Å²) < 4.78 is 5.92. The molecule has 0 bridgehead atoms. The summed E-state index contributed by atoms with van der Waals surface area (Å²) in [5.74, 6) is 1.24. The zero-order valence-electron chi connectivity index (χ0n) is 12.1. The minimum Gasteiger partial charge on any atom is -0.450 e. The van der Waals surface area contributed by atoms with Crippen molar-refractivity contribution in [3.63, 3.8) is 0 Å². The Kier molecular flexibility index (Phi) is 3.36. The van der Waals surface area contributed by atoms with E-state index < -0.39 is 0 Å². The molecule has 0 amide bonds. The van der Waals surface area contributed by atoms with Gasteiger partial charge in [-0.3, -0.25) is 0 Å². The lowest BCUT2D eigenvalue weighted by Crippen LogP contribution is -1.98. The average Bonchev–Trinajstić information content (AvgIpc) is 2.85. The maximum absolute atomic E-state index is 6.05. The number of furan rings is 1. The smallest absolute Gasteiger partial charge is 0.196 e. The van der Waals surface area contributed by atoms with Crippen LogP contribution in [-0.4, -0.2) is 9.97 Å². The number of anilines is 2. The van der Waals surface area contributed by atoms with E-state index in [1.54, 1.807) is 18.2 Å². The van der Waals surface area contributed by atoms with E-state index in [0.717, 1.165) is 22.2 Å². The summed E-state index contributed by atoms with van der Waals surface area (Å²) in [7, 11) is 0. The van der Waals surface area contributed by atoms with E-state index in [2.05, 4.69) is 15.3 Å². The van der Waals surface area contributed by atoms with E-state index in [9.17, 15) is 0 Å². The lowest BCUT2D eigenvalue weighted by molar-refractivity contribution is 0.666. The minimum absolute atomic E-state index is 0.548. The lowest BCUT2D eigenvalue weighted by Gasteiger charge is -2.07. The first-order valence-electron chi connectivity index (χ1n) is 6.99. The second kappa shape index (κ2) is 5.41. The van der Waals surface area contributed by atoms with Crippen molar-refractivity contribution in [1.29, 1.82) is 0 Å². The molecule has 4 rings (SSSR count). The zero-order valence-corrected chi connectivity index (χ0v) is 13.6. The number of nitrogens with zero attached hydrogens (tertiary/aromatic N) is 2. The largest absolute Gasteiger partial charge is 0.450 e. The van der Waals surface area contributed by atoms with E-state index in [-0.39, 0.29) is 0 Å². The van der Waals surface area contributed by atoms with Crippen molar-refractivity contribution in [2.24, 2.45) is 0 Å². The Labute approximate surface area is 142 Å². The molecule has 2 aromatic carbocycles. The second-order valence-electron chi connectivity index (χ2n) is 5.18. The number of rotatable bonds is 2. The van der Waals surface area contributed by atoms with Crippen LogP contribution in [0.25, 0.3) is 22.1 Å². The normalized spacial score (nSPS) is 11.3. The van der Waals surface area contributed by atoms with Crippen LogP contribution in [0.5, 0.6) is 0 Å². The molecule has 2 heterocycles. The molecule has 1 N–H and O–H groups in total. The summed E-state index contributed by atoms with van der Waals surface area (Å²) in [6.07, 6.45) is 0. The number of hydrogen-bond donors (Lipinski definition) is 1. The van der Waals surface area contributed by atoms with Crippen molar-refractivity contribution in [2.75, 3.05) is 5.32 Å². The Balaban J connectivity index is 1.92. The summed E-state index contributed by atoms with van der Waals surface area (Å²) >= 11 is 12.1. The fraction of sp³-hybridized carbons (Fsp3) is 0.0588. The van der Waals surface area contributed by atoms with Gasteiger partial charge in [-0.15, -0.1) is 0 Å². The maximum Gasteiger partial charge on any atom is 0.196 e. The van der Waals surface area contributed by atoms with Crippen molar-refractivity contribution in [1.82, 2.24) is 9.97 Å². The molecule has 0 saturated carbocycles. The number of nitrogens with one attached hydrogen (secondary N) is 1. The van der Waals surface area contributed by atoms with Crippen molar-refractivity contribution in [3.05, 3.63) is 58.3 Å². The Hall–Kier alpha value is -2.30. The van der Waals surface area contributed by atoms with E-state index in [1.165, 1.54) is 0 Å². The second-order valence-corrected chi connectivity index (χ2v) is 6.05. The van der Waals surface area contributed by atoms with Gasteiger partial charge in [-0.05, 0) is 37.3 Å². The van der Waals surface area contributed by atoms with Crippen LogP contribution in [0, 0.1) is 6.92 Å². The first kappa shape index (κ1) is 14.3. The molecule has 0 atom stereocenters. The van der Waals surface area contributed by atoms with Gasteiger partial charge in [-0.25, -0.2) is 9.97 Å². The zero-order chi connectivity index (χ0) is 16.0. The summed E-state index contributed by atoms with van der Waals surface area (Å²) in [6, 6.07) is 13.0. The molecule has 0 spiro atoms. The predicted molar refractivity (Wildman–Crippen MR) is 93.8 cm³/mol. The van der Waals surface area contributed by atoms with Gasteiger partial charge in [0, 0.05) is 21.1 Å². The van der Waals surface area contributed by atoms with Crippen LogP contribution in [0.15, 0.2) is 46.9 Å². The van der Waals surface area contributed by atoms with Gasteiger partial charge < -0.3 is 9.73 Å². The molecule has 0 saturated heterocycles. The van der Waals surface area contributed by atoms with E-state index in [4.69, 9.17) is 27.6 Å². The van der Waals surface area contributed by atoms with E-state index >= 15 is 0 Å². The van der Waals surface area contributed by atoms with Crippen LogP contribution in [0.4, 0.5) is 11.5 Å². The Bertz CT molecular complexity index is 1020. The fourth-order valence-corrected chi connectivity index (χ4v) is 3.08. The predicted octanol–water partition coefficient (Wildman–Crippen LogP) is 5.73. The number of para-hydroxylation sites is 1. The van der Waals surface area contributed by atoms with Gasteiger partial charge in [-0.1, -0.05) is 35.3 Å². The molecule has 0 aliphatic rings. The lowest BCUT2D eigenvalue weighted by atomic mass is 10.2. The fourth-order valence-electron chi connectivity index (χ4n) is 2.55. The number of aryl methyl sites for hydroxylation is 1. The molecule has 0 fully saturated rings. The molecule has 0 aliphatic carbocycles. The summed E-state index contributed by atoms with van der Waals surface area (Å²) in [4.78, 5) is 8.95. The molecule has 6 heteroatoms. The molecular weight excluding hydrogens is 333 g/mol. The quantitative estimate of drug-likeness (QED) is 0.504. The van der Waals surface area contributed by atoms with Gasteiger partial charge in [0.25, 0.3) is 0 Å². The molecular formula is C17H11Cl2N3O. The van der Waals surface area contributed by atoms with Crippen LogP contribution in [0.3, 0.4) is 0 Å². The van der Waals surface area contributed by atoms with Crippen LogP contribution < -0.4 is 5.32 Å². The highest BCUT2D eigenvalue weighted by molar-refractivity contribution is 6.35. The van der Waals surface area contributed by atoms with Crippen molar-refractivity contribution in [3.8, 4) is 0 Å². The van der Waals surface area contributed by atoms with E-state index in [0.29, 0.717) is 27.3 Å². The van der Waals surface area contributed by atoms with Crippen LogP contribution in [0.2, 0.25) is 10.0 Å². The molecule has 114 valence electrons. The molecule has 2 aromatic heterocycles. The topological polar surface area (TPSA) is 51.0 Å². The Morgan fingerprint density at radius 1 is 1.00 bits per heavy atom. The SMILES string of the molecule is Cc1nc(Nc2cc(Cl)cc(Cl)c2)c2oc3ccccc3c2n1. The number of fused-ring (bicyclic) bond motifs is 3. The Morgan fingerprint density at radius 3 is 2.52 bits per heavy atom. The maximum atomic E-state index is 6.05. The number of hydrogen-bond acceptors (Lipinski definition) is 4. The van der Waals surface area contributed by atoms with Gasteiger partial charge in [-0.2, -0.15) is 0 Å². The Morgan fingerprint density at radius 2 is 1.74 bits per heavy atom. The van der Waals surface area contributed by atoms with Gasteiger partial charge in [0.15, 0.2) is 11.4 Å². The molecule has 0 aliphatic heterocycles. The highest BCUT2D eigenvalue weighted by Crippen LogP contribution is 2.33. The highest BCUT2D eigenvalue weighted by atomic mass is 35.5. The van der Waals surface area contributed by atoms with Crippen molar-refractivity contribution >= 4 is 56.8 Å². The average molecular weight is 344 g/mol. The minimum atomic E-state index is 0.548. The van der Waals surface area contributed by atoms with Crippen LogP contribution in [0.1, 0.15) is 5.82 Å². The van der Waals surface area contributed by atoms with Crippen LogP contribution in [-0.2, 0) is 0 Å². The summed E-state index contributed by atoms with van der Waals surface area (Å²) in [5.41, 5.74) is 2.90. The first-order chi connectivity index (χ1) is 11.1. The molecule has 0 unspecified atom stereocenters. The highest BCUT2D eigenvalue weighted by Gasteiger charge is 2.14. The molecule has 4 nitrogen and oxygen atoms in total. The van der Waals surface area contributed by atoms with Crippen LogP contribution >= 0.6 is 23.2 Å². The third-order valence-electron chi connectivity index (χ3n) is 3.46. The van der Waals surface area contributed by atoms with Gasteiger partial charge in [0.05, 0.1) is 0 Å². The summed E-state index contributed by atoms with van der Waals surface area (Å²) in [5, 5.41) is 5.27. The van der Waals surface area contributed by atoms with Crippen molar-refractivity contribution < 1.29 is 4.42 Å². The first-order valence-corrected chi connectivity index (χ1v) is 7.75. The number of halogens is 2. The number of aromatic nitrogens is 2. The molecule has 4 aromatic rings. The molecule has 23 heavy (non-hydrogen) atoms. The van der Waals surface area contributed by atoms with Gasteiger partial charge >= 0.3 is 0 Å². The third kappa shape index (κ3) is 2.60. The molecule has 0 radical (unpaired) electrons. The standard InChI is InChI=1S/C17H11Cl2N3O/c1-9-20-15-13-4-2-3-5-14(13)23-16(15)17(21-9)22-12-7-10(18)6-11(19)8-12/h2-8H,1H3,(H,20,21,22). The van der Waals surface area contributed by atoms with E-state index in [1.807, 2.05) is 31.2 Å².